The number of aromatic nitrogens is 1. The zero-order chi connectivity index (χ0) is 14.7. The predicted octanol–water partition coefficient (Wildman–Crippen LogP) is 2.96. The van der Waals surface area contributed by atoms with E-state index in [9.17, 15) is 4.79 Å². The number of carboxylic acid groups (broad SMARTS) is 1. The number of nitrogens with one attached hydrogen (secondary N) is 1. The number of amides is 1. The molecule has 2 aromatic rings. The number of nitrogens with zero attached hydrogens (tertiary/aromatic N) is 1. The Labute approximate surface area is 122 Å². The summed E-state index contributed by atoms with van der Waals surface area (Å²) < 4.78 is 6.02. The molecule has 1 aliphatic heterocycles. The van der Waals surface area contributed by atoms with Gasteiger partial charge in [0.2, 0.25) is 0 Å². The lowest BCUT2D eigenvalue weighted by Crippen LogP contribution is -2.31. The van der Waals surface area contributed by atoms with E-state index < -0.39 is 6.09 Å². The molecule has 2 atom stereocenters. The first-order valence-corrected chi connectivity index (χ1v) is 6.87. The van der Waals surface area contributed by atoms with Crippen LogP contribution in [0, 0.1) is 0 Å². The lowest BCUT2D eigenvalue weighted by Gasteiger charge is -2.31. The molecule has 0 saturated carbocycles. The fraction of sp³-hybridized carbons (Fsp3) is 0.250. The van der Waals surface area contributed by atoms with Gasteiger partial charge in [-0.15, -0.1) is 0 Å². The maximum absolute atomic E-state index is 10.7. The van der Waals surface area contributed by atoms with Crippen molar-refractivity contribution >= 4 is 6.09 Å². The van der Waals surface area contributed by atoms with Gasteiger partial charge in [-0.2, -0.15) is 0 Å². The van der Waals surface area contributed by atoms with Crippen LogP contribution < -0.4 is 10.1 Å². The van der Waals surface area contributed by atoms with E-state index in [1.54, 1.807) is 6.20 Å². The molecule has 0 spiro atoms. The third-order valence-corrected chi connectivity index (χ3v) is 3.63. The summed E-state index contributed by atoms with van der Waals surface area (Å²) in [4.78, 5) is 15.1. The van der Waals surface area contributed by atoms with Crippen molar-refractivity contribution in [1.82, 2.24) is 10.3 Å². The maximum atomic E-state index is 10.7. The third-order valence-electron chi connectivity index (χ3n) is 3.63. The maximum Gasteiger partial charge on any atom is 0.404 e. The summed E-state index contributed by atoms with van der Waals surface area (Å²) in [5.41, 5.74) is 1.91. The topological polar surface area (TPSA) is 71.5 Å². The van der Waals surface area contributed by atoms with Crippen LogP contribution in [0.5, 0.6) is 5.75 Å². The van der Waals surface area contributed by atoms with Crippen molar-refractivity contribution < 1.29 is 14.6 Å². The van der Waals surface area contributed by atoms with E-state index in [0.29, 0.717) is 13.0 Å². The second kappa shape index (κ2) is 5.83. The normalized spacial score (nSPS) is 20.2. The van der Waals surface area contributed by atoms with Crippen molar-refractivity contribution in [3.63, 3.8) is 0 Å². The average Bonchev–Trinajstić information content (AvgIpc) is 2.53. The zero-order valence-electron chi connectivity index (χ0n) is 11.4. The van der Waals surface area contributed by atoms with E-state index in [-0.39, 0.29) is 12.0 Å². The van der Waals surface area contributed by atoms with E-state index in [2.05, 4.69) is 10.3 Å². The summed E-state index contributed by atoms with van der Waals surface area (Å²) >= 11 is 0. The minimum absolute atomic E-state index is 0.0104. The Morgan fingerprint density at radius 2 is 2.10 bits per heavy atom. The van der Waals surface area contributed by atoms with Crippen molar-refractivity contribution in [2.45, 2.75) is 18.4 Å². The molecule has 0 aliphatic carbocycles. The van der Waals surface area contributed by atoms with Crippen molar-refractivity contribution in [3.05, 3.63) is 59.9 Å². The van der Waals surface area contributed by atoms with Crippen LogP contribution in [0.1, 0.15) is 29.7 Å². The van der Waals surface area contributed by atoms with Gasteiger partial charge in [0.15, 0.2) is 0 Å². The van der Waals surface area contributed by atoms with E-state index in [0.717, 1.165) is 17.0 Å². The Hall–Kier alpha value is -2.56. The van der Waals surface area contributed by atoms with Crippen LogP contribution in [0.3, 0.4) is 0 Å². The summed E-state index contributed by atoms with van der Waals surface area (Å²) in [5.74, 6) is 0.742. The first kappa shape index (κ1) is 13.4. The molecule has 3 rings (SSSR count). The standard InChI is InChI=1S/C16H16N2O3/c19-16(20)18-10-12-9-14(11-5-2-1-3-6-11)21-13-7-4-8-17-15(12)13/h1-8,12,14,18H,9-10H2,(H,19,20)/t12-,14+/m1/s1. The van der Waals surface area contributed by atoms with Crippen LogP contribution in [-0.4, -0.2) is 22.7 Å². The number of hydrogen-bond acceptors (Lipinski definition) is 3. The van der Waals surface area contributed by atoms with Crippen LogP contribution in [0.15, 0.2) is 48.7 Å². The van der Waals surface area contributed by atoms with Crippen LogP contribution in [0.25, 0.3) is 0 Å². The van der Waals surface area contributed by atoms with E-state index in [1.165, 1.54) is 0 Å². The molecule has 2 heterocycles. The first-order valence-electron chi connectivity index (χ1n) is 6.87. The molecule has 1 aromatic carbocycles. The largest absolute Gasteiger partial charge is 0.484 e. The zero-order valence-corrected chi connectivity index (χ0v) is 11.4. The van der Waals surface area contributed by atoms with Gasteiger partial charge in [-0.1, -0.05) is 30.3 Å². The number of pyridine rings is 1. The van der Waals surface area contributed by atoms with Crippen LogP contribution in [0.4, 0.5) is 4.79 Å². The molecule has 0 radical (unpaired) electrons. The summed E-state index contributed by atoms with van der Waals surface area (Å²) in [7, 11) is 0. The predicted molar refractivity (Wildman–Crippen MR) is 77.4 cm³/mol. The van der Waals surface area contributed by atoms with Gasteiger partial charge >= 0.3 is 6.09 Å². The molecule has 21 heavy (non-hydrogen) atoms. The summed E-state index contributed by atoms with van der Waals surface area (Å²) in [6.07, 6.45) is 1.31. The monoisotopic (exact) mass is 284 g/mol. The molecule has 5 heteroatoms. The van der Waals surface area contributed by atoms with Gasteiger partial charge in [0, 0.05) is 18.7 Å². The second-order valence-corrected chi connectivity index (χ2v) is 5.02. The van der Waals surface area contributed by atoms with Crippen LogP contribution in [-0.2, 0) is 0 Å². The molecule has 1 amide bonds. The second-order valence-electron chi connectivity index (χ2n) is 5.02. The highest BCUT2D eigenvalue weighted by molar-refractivity contribution is 5.64. The van der Waals surface area contributed by atoms with Gasteiger partial charge in [-0.25, -0.2) is 4.79 Å². The van der Waals surface area contributed by atoms with Gasteiger partial charge in [-0.05, 0) is 24.1 Å². The van der Waals surface area contributed by atoms with E-state index >= 15 is 0 Å². The molecule has 0 saturated heterocycles. The SMILES string of the molecule is O=C(O)NC[C@H]1C[C@@H](c2ccccc2)Oc2cccnc21. The number of benzene rings is 1. The van der Waals surface area contributed by atoms with E-state index in [4.69, 9.17) is 9.84 Å². The van der Waals surface area contributed by atoms with Crippen LogP contribution >= 0.6 is 0 Å². The van der Waals surface area contributed by atoms with Gasteiger partial charge < -0.3 is 15.2 Å². The van der Waals surface area contributed by atoms with E-state index in [1.807, 2.05) is 42.5 Å². The molecule has 0 bridgehead atoms. The minimum Gasteiger partial charge on any atom is -0.484 e. The number of carbonyl (C=O) groups is 1. The number of hydrogen-bond donors (Lipinski definition) is 2. The van der Waals surface area contributed by atoms with Crippen molar-refractivity contribution in [3.8, 4) is 5.75 Å². The van der Waals surface area contributed by atoms with Gasteiger partial charge in [0.1, 0.15) is 11.9 Å². The smallest absolute Gasteiger partial charge is 0.404 e. The Balaban J connectivity index is 1.87. The molecular formula is C16H16N2O3. The highest BCUT2D eigenvalue weighted by atomic mass is 16.5. The molecule has 1 aromatic heterocycles. The third kappa shape index (κ3) is 2.97. The average molecular weight is 284 g/mol. The summed E-state index contributed by atoms with van der Waals surface area (Å²) in [6.45, 7) is 0.339. The quantitative estimate of drug-likeness (QED) is 0.909. The minimum atomic E-state index is -1.02. The fourth-order valence-corrected chi connectivity index (χ4v) is 2.64. The van der Waals surface area contributed by atoms with Gasteiger partial charge in [0.05, 0.1) is 5.69 Å². The Morgan fingerprint density at radius 3 is 2.86 bits per heavy atom. The number of rotatable bonds is 3. The molecule has 1 aliphatic rings. The summed E-state index contributed by atoms with van der Waals surface area (Å²) in [6, 6.07) is 13.7. The molecule has 5 nitrogen and oxygen atoms in total. The Kier molecular flexibility index (Phi) is 3.73. The van der Waals surface area contributed by atoms with Crippen molar-refractivity contribution in [2.24, 2.45) is 0 Å². The highest BCUT2D eigenvalue weighted by Crippen LogP contribution is 2.40. The fourth-order valence-electron chi connectivity index (χ4n) is 2.64. The number of fused-ring (bicyclic) bond motifs is 1. The molecule has 0 unspecified atom stereocenters. The highest BCUT2D eigenvalue weighted by Gasteiger charge is 2.30. The molecule has 108 valence electrons. The number of ether oxygens (including phenoxy) is 1. The lowest BCUT2D eigenvalue weighted by atomic mass is 9.90. The van der Waals surface area contributed by atoms with Gasteiger partial charge in [-0.3, -0.25) is 4.98 Å². The molecule has 0 fully saturated rings. The van der Waals surface area contributed by atoms with Gasteiger partial charge in [0.25, 0.3) is 0 Å². The summed E-state index contributed by atoms with van der Waals surface area (Å²) in [5, 5.41) is 11.3. The Bertz CT molecular complexity index is 630. The molecule has 2 N–H and O–H groups in total. The van der Waals surface area contributed by atoms with Crippen LogP contribution in [0.2, 0.25) is 0 Å². The molecular weight excluding hydrogens is 268 g/mol. The first-order chi connectivity index (χ1) is 10.2. The Morgan fingerprint density at radius 1 is 1.29 bits per heavy atom. The van der Waals surface area contributed by atoms with Crippen molar-refractivity contribution in [1.29, 1.82) is 0 Å². The lowest BCUT2D eigenvalue weighted by molar-refractivity contribution is 0.153. The van der Waals surface area contributed by atoms with Crippen molar-refractivity contribution in [2.75, 3.05) is 6.54 Å².